The quantitative estimate of drug-likeness (QED) is 0.608. The first-order valence-corrected chi connectivity index (χ1v) is 10.5. The van der Waals surface area contributed by atoms with E-state index < -0.39 is 11.7 Å². The van der Waals surface area contributed by atoms with Crippen molar-refractivity contribution >= 4 is 11.6 Å². The molecule has 0 aliphatic heterocycles. The lowest BCUT2D eigenvalue weighted by Gasteiger charge is -2.24. The summed E-state index contributed by atoms with van der Waals surface area (Å²) in [5, 5.41) is 3.01. The summed E-state index contributed by atoms with van der Waals surface area (Å²) in [7, 11) is 0. The van der Waals surface area contributed by atoms with Crippen molar-refractivity contribution in [3.63, 3.8) is 0 Å². The molecule has 1 N–H and O–H groups in total. The second-order valence-corrected chi connectivity index (χ2v) is 8.02. The first-order chi connectivity index (χ1) is 14.0. The van der Waals surface area contributed by atoms with Gasteiger partial charge in [-0.15, -0.1) is 0 Å². The number of halogens is 3. The summed E-state index contributed by atoms with van der Waals surface area (Å²) in [6.45, 7) is 0. The molecule has 1 heterocycles. The van der Waals surface area contributed by atoms with E-state index in [0.29, 0.717) is 5.92 Å². The van der Waals surface area contributed by atoms with Crippen molar-refractivity contribution in [1.82, 2.24) is 9.97 Å². The monoisotopic (exact) mass is 405 g/mol. The Labute approximate surface area is 168 Å². The van der Waals surface area contributed by atoms with Crippen molar-refractivity contribution in [3.8, 4) is 5.88 Å². The molecule has 0 bridgehead atoms. The van der Waals surface area contributed by atoms with E-state index >= 15 is 0 Å². The van der Waals surface area contributed by atoms with E-state index in [1.807, 2.05) is 12.1 Å². The lowest BCUT2D eigenvalue weighted by Crippen LogP contribution is -2.22. The van der Waals surface area contributed by atoms with Crippen LogP contribution in [0.5, 0.6) is 5.88 Å². The molecule has 2 saturated carbocycles. The number of aromatic nitrogens is 2. The van der Waals surface area contributed by atoms with Crippen LogP contribution in [-0.2, 0) is 6.18 Å². The van der Waals surface area contributed by atoms with Crippen LogP contribution in [0.2, 0.25) is 0 Å². The SMILES string of the molecule is FC(F)(F)c1cnc(Nc2ccc(C3CCCC3)cc2)nc1OC1CCCCC1. The first-order valence-electron chi connectivity index (χ1n) is 10.5. The van der Waals surface area contributed by atoms with E-state index in [2.05, 4.69) is 27.4 Å². The average Bonchev–Trinajstić information content (AvgIpc) is 3.23. The highest BCUT2D eigenvalue weighted by atomic mass is 19.4. The highest BCUT2D eigenvalue weighted by molar-refractivity contribution is 5.54. The zero-order valence-electron chi connectivity index (χ0n) is 16.3. The van der Waals surface area contributed by atoms with E-state index in [1.165, 1.54) is 31.2 Å². The van der Waals surface area contributed by atoms with Gasteiger partial charge in [0, 0.05) is 11.9 Å². The second kappa shape index (κ2) is 8.59. The van der Waals surface area contributed by atoms with Gasteiger partial charge in [-0.3, -0.25) is 0 Å². The largest absolute Gasteiger partial charge is 0.474 e. The Bertz CT molecular complexity index is 811. The highest BCUT2D eigenvalue weighted by Crippen LogP contribution is 2.37. The zero-order chi connectivity index (χ0) is 20.3. The maximum atomic E-state index is 13.4. The minimum absolute atomic E-state index is 0.109. The molecule has 1 aromatic heterocycles. The lowest BCUT2D eigenvalue weighted by atomic mass is 9.98. The number of anilines is 2. The van der Waals surface area contributed by atoms with E-state index in [-0.39, 0.29) is 17.9 Å². The molecule has 0 unspecified atom stereocenters. The smallest absolute Gasteiger partial charge is 0.423 e. The predicted molar refractivity (Wildman–Crippen MR) is 105 cm³/mol. The number of hydrogen-bond donors (Lipinski definition) is 1. The van der Waals surface area contributed by atoms with Crippen molar-refractivity contribution in [2.45, 2.75) is 76.0 Å². The molecular formula is C22H26F3N3O. The summed E-state index contributed by atoms with van der Waals surface area (Å²) in [5.41, 5.74) is 1.13. The molecule has 4 nitrogen and oxygen atoms in total. The zero-order valence-corrected chi connectivity index (χ0v) is 16.3. The lowest BCUT2D eigenvalue weighted by molar-refractivity contribution is -0.140. The van der Waals surface area contributed by atoms with Gasteiger partial charge in [-0.05, 0) is 62.1 Å². The van der Waals surface area contributed by atoms with Gasteiger partial charge in [-0.25, -0.2) is 4.98 Å². The summed E-state index contributed by atoms with van der Waals surface area (Å²) >= 11 is 0. The van der Waals surface area contributed by atoms with Crippen molar-refractivity contribution in [1.29, 1.82) is 0 Å². The Hall–Kier alpha value is -2.31. The Morgan fingerprint density at radius 3 is 2.21 bits per heavy atom. The van der Waals surface area contributed by atoms with E-state index in [9.17, 15) is 13.2 Å². The van der Waals surface area contributed by atoms with Gasteiger partial charge >= 0.3 is 6.18 Å². The van der Waals surface area contributed by atoms with Crippen LogP contribution in [0.4, 0.5) is 24.8 Å². The summed E-state index contributed by atoms with van der Waals surface area (Å²) < 4.78 is 45.8. The van der Waals surface area contributed by atoms with E-state index in [0.717, 1.165) is 44.0 Å². The normalized spacial score (nSPS) is 18.7. The molecule has 2 aliphatic rings. The van der Waals surface area contributed by atoms with Crippen LogP contribution in [0.3, 0.4) is 0 Å². The molecule has 156 valence electrons. The third-order valence-electron chi connectivity index (χ3n) is 5.88. The highest BCUT2D eigenvalue weighted by Gasteiger charge is 2.37. The van der Waals surface area contributed by atoms with Crippen molar-refractivity contribution in [2.75, 3.05) is 5.32 Å². The summed E-state index contributed by atoms with van der Waals surface area (Å²) in [5.74, 6) is 0.337. The molecule has 2 aromatic rings. The molecule has 0 radical (unpaired) electrons. The maximum absolute atomic E-state index is 13.4. The molecule has 0 saturated heterocycles. The molecule has 2 aliphatic carbocycles. The fraction of sp³-hybridized carbons (Fsp3) is 0.545. The molecule has 29 heavy (non-hydrogen) atoms. The van der Waals surface area contributed by atoms with Gasteiger partial charge in [-0.2, -0.15) is 18.2 Å². The molecule has 2 fully saturated rings. The molecule has 1 aromatic carbocycles. The number of rotatable bonds is 5. The maximum Gasteiger partial charge on any atom is 0.423 e. The van der Waals surface area contributed by atoms with E-state index in [1.54, 1.807) is 0 Å². The number of ether oxygens (including phenoxy) is 1. The fourth-order valence-corrected chi connectivity index (χ4v) is 4.28. The number of hydrogen-bond acceptors (Lipinski definition) is 4. The number of nitrogens with zero attached hydrogens (tertiary/aromatic N) is 2. The first kappa shape index (κ1) is 20.0. The fourth-order valence-electron chi connectivity index (χ4n) is 4.28. The molecular weight excluding hydrogens is 379 g/mol. The van der Waals surface area contributed by atoms with Gasteiger partial charge in [0.15, 0.2) is 0 Å². The van der Waals surface area contributed by atoms with Gasteiger partial charge < -0.3 is 10.1 Å². The Kier molecular flexibility index (Phi) is 5.92. The van der Waals surface area contributed by atoms with Crippen LogP contribution in [0.1, 0.15) is 74.8 Å². The van der Waals surface area contributed by atoms with Gasteiger partial charge in [0.25, 0.3) is 0 Å². The Morgan fingerprint density at radius 2 is 1.55 bits per heavy atom. The van der Waals surface area contributed by atoms with Crippen molar-refractivity contribution < 1.29 is 17.9 Å². The summed E-state index contributed by atoms with van der Waals surface area (Å²) in [6, 6.07) is 8.00. The average molecular weight is 405 g/mol. The molecule has 4 rings (SSSR count). The van der Waals surface area contributed by atoms with Crippen LogP contribution in [-0.4, -0.2) is 16.1 Å². The predicted octanol–water partition coefficient (Wildman–Crippen LogP) is 6.61. The van der Waals surface area contributed by atoms with Crippen LogP contribution in [0.15, 0.2) is 30.5 Å². The third kappa shape index (κ3) is 5.00. The van der Waals surface area contributed by atoms with Gasteiger partial charge in [-0.1, -0.05) is 31.4 Å². The topological polar surface area (TPSA) is 47.0 Å². The van der Waals surface area contributed by atoms with Crippen molar-refractivity contribution in [2.24, 2.45) is 0 Å². The van der Waals surface area contributed by atoms with E-state index in [4.69, 9.17) is 4.74 Å². The minimum atomic E-state index is -4.55. The molecule has 0 atom stereocenters. The van der Waals surface area contributed by atoms with Gasteiger partial charge in [0.1, 0.15) is 11.7 Å². The van der Waals surface area contributed by atoms with Gasteiger partial charge in [0.2, 0.25) is 11.8 Å². The molecule has 0 spiro atoms. The van der Waals surface area contributed by atoms with Crippen LogP contribution < -0.4 is 10.1 Å². The van der Waals surface area contributed by atoms with Crippen molar-refractivity contribution in [3.05, 3.63) is 41.6 Å². The molecule has 0 amide bonds. The second-order valence-electron chi connectivity index (χ2n) is 8.02. The number of alkyl halides is 3. The Morgan fingerprint density at radius 1 is 0.897 bits per heavy atom. The summed E-state index contributed by atoms with van der Waals surface area (Å²) in [6.07, 6.45) is 5.56. The number of nitrogens with one attached hydrogen (secondary N) is 1. The Balaban J connectivity index is 1.51. The number of benzene rings is 1. The summed E-state index contributed by atoms with van der Waals surface area (Å²) in [4.78, 5) is 7.94. The van der Waals surface area contributed by atoms with Crippen LogP contribution in [0.25, 0.3) is 0 Å². The standard InChI is InChI=1S/C22H26F3N3O/c23-22(24,25)19-14-26-21(28-20(19)29-18-8-2-1-3-9-18)27-17-12-10-16(11-13-17)15-6-4-5-7-15/h10-15,18H,1-9H2,(H,26,27,28). The minimum Gasteiger partial charge on any atom is -0.474 e. The molecule has 7 heteroatoms. The third-order valence-corrected chi connectivity index (χ3v) is 5.88. The van der Waals surface area contributed by atoms with Crippen LogP contribution in [0, 0.1) is 0 Å². The van der Waals surface area contributed by atoms with Crippen LogP contribution >= 0.6 is 0 Å². The van der Waals surface area contributed by atoms with Gasteiger partial charge in [0.05, 0.1) is 0 Å².